The van der Waals surface area contributed by atoms with Crippen LogP contribution in [0.25, 0.3) is 0 Å². The van der Waals surface area contributed by atoms with Crippen LogP contribution in [0.2, 0.25) is 0 Å². The molecule has 1 fully saturated rings. The zero-order chi connectivity index (χ0) is 12.4. The maximum absolute atomic E-state index is 11.4. The third kappa shape index (κ3) is 2.42. The second-order valence-corrected chi connectivity index (χ2v) is 4.61. The van der Waals surface area contributed by atoms with Gasteiger partial charge in [0.2, 0.25) is 0 Å². The molecular weight excluding hydrogens is 214 g/mol. The lowest BCUT2D eigenvalue weighted by Gasteiger charge is -2.21. The predicted molar refractivity (Wildman–Crippen MR) is 69.4 cm³/mol. The average molecular weight is 233 g/mol. The third-order valence-corrected chi connectivity index (χ3v) is 3.36. The van der Waals surface area contributed by atoms with Gasteiger partial charge in [0.25, 0.3) is 5.91 Å². The molecule has 1 heterocycles. The van der Waals surface area contributed by atoms with E-state index >= 15 is 0 Å². The zero-order valence-corrected chi connectivity index (χ0v) is 10.4. The number of benzene rings is 1. The predicted octanol–water partition coefficient (Wildman–Crippen LogP) is 0.892. The molecule has 17 heavy (non-hydrogen) atoms. The molecular formula is C13H19N3O. The fraction of sp³-hybridized carbons (Fsp3) is 0.462. The number of aryl methyl sites for hydroxylation is 1. The maximum Gasteiger partial charge on any atom is 0.250 e. The molecule has 1 amide bonds. The first-order valence-corrected chi connectivity index (χ1v) is 5.94. The molecule has 4 heteroatoms. The van der Waals surface area contributed by atoms with Crippen molar-refractivity contribution in [3.8, 4) is 0 Å². The Morgan fingerprint density at radius 1 is 1.53 bits per heavy atom. The van der Waals surface area contributed by atoms with E-state index in [1.807, 2.05) is 32.2 Å². The fourth-order valence-corrected chi connectivity index (χ4v) is 2.33. The third-order valence-electron chi connectivity index (χ3n) is 3.36. The van der Waals surface area contributed by atoms with Crippen molar-refractivity contribution in [3.63, 3.8) is 0 Å². The molecule has 1 unspecified atom stereocenters. The molecule has 0 bridgehead atoms. The van der Waals surface area contributed by atoms with Gasteiger partial charge in [-0.15, -0.1) is 0 Å². The van der Waals surface area contributed by atoms with E-state index < -0.39 is 0 Å². The molecule has 92 valence electrons. The molecule has 2 rings (SSSR count). The highest BCUT2D eigenvalue weighted by atomic mass is 16.1. The van der Waals surface area contributed by atoms with Gasteiger partial charge in [0.15, 0.2) is 0 Å². The van der Waals surface area contributed by atoms with E-state index in [1.54, 1.807) is 0 Å². The summed E-state index contributed by atoms with van der Waals surface area (Å²) in [6.45, 7) is 3.93. The lowest BCUT2D eigenvalue weighted by atomic mass is 10.1. The summed E-state index contributed by atoms with van der Waals surface area (Å²) in [6, 6.07) is 6.28. The number of carbonyl (C=O) groups is 1. The number of rotatable bonds is 3. The Morgan fingerprint density at radius 2 is 2.29 bits per heavy atom. The summed E-state index contributed by atoms with van der Waals surface area (Å²) < 4.78 is 0. The average Bonchev–Trinajstić information content (AvgIpc) is 2.76. The summed E-state index contributed by atoms with van der Waals surface area (Å²) in [6.07, 6.45) is 1.10. The molecule has 1 saturated heterocycles. The summed E-state index contributed by atoms with van der Waals surface area (Å²) in [5.74, 6) is -0.354. The molecule has 0 aromatic heterocycles. The molecule has 0 aliphatic carbocycles. The van der Waals surface area contributed by atoms with Crippen LogP contribution in [-0.2, 0) is 0 Å². The first-order valence-electron chi connectivity index (χ1n) is 5.94. The normalized spacial score (nSPS) is 19.6. The van der Waals surface area contributed by atoms with E-state index in [1.165, 1.54) is 0 Å². The van der Waals surface area contributed by atoms with E-state index in [0.29, 0.717) is 11.6 Å². The largest absolute Gasteiger partial charge is 0.369 e. The van der Waals surface area contributed by atoms with Crippen LogP contribution in [0, 0.1) is 6.92 Å². The van der Waals surface area contributed by atoms with Crippen LogP contribution in [0.1, 0.15) is 22.3 Å². The molecule has 0 spiro atoms. The second-order valence-electron chi connectivity index (χ2n) is 4.61. The molecule has 0 saturated carbocycles. The van der Waals surface area contributed by atoms with Crippen LogP contribution in [0.3, 0.4) is 0 Å². The van der Waals surface area contributed by atoms with Crippen molar-refractivity contribution in [1.82, 2.24) is 5.32 Å². The van der Waals surface area contributed by atoms with E-state index in [0.717, 1.165) is 30.8 Å². The van der Waals surface area contributed by atoms with Gasteiger partial charge in [-0.25, -0.2) is 0 Å². The van der Waals surface area contributed by atoms with Crippen LogP contribution in [0.4, 0.5) is 5.69 Å². The number of amides is 1. The lowest BCUT2D eigenvalue weighted by Crippen LogP contribution is -2.30. The second kappa shape index (κ2) is 4.75. The van der Waals surface area contributed by atoms with Gasteiger partial charge in [-0.3, -0.25) is 4.79 Å². The lowest BCUT2D eigenvalue weighted by molar-refractivity contribution is 0.100. The van der Waals surface area contributed by atoms with Crippen molar-refractivity contribution in [3.05, 3.63) is 29.3 Å². The smallest absolute Gasteiger partial charge is 0.250 e. The minimum Gasteiger partial charge on any atom is -0.369 e. The van der Waals surface area contributed by atoms with Crippen LogP contribution < -0.4 is 16.0 Å². The highest BCUT2D eigenvalue weighted by molar-refractivity contribution is 5.98. The molecule has 3 N–H and O–H groups in total. The highest BCUT2D eigenvalue weighted by Crippen LogP contribution is 2.25. The highest BCUT2D eigenvalue weighted by Gasteiger charge is 2.24. The van der Waals surface area contributed by atoms with Crippen LogP contribution in [-0.4, -0.2) is 32.1 Å². The van der Waals surface area contributed by atoms with Crippen LogP contribution in [0.5, 0.6) is 0 Å². The van der Waals surface area contributed by atoms with Gasteiger partial charge in [0.05, 0.1) is 5.56 Å². The number of nitrogens with zero attached hydrogens (tertiary/aromatic N) is 1. The standard InChI is InChI=1S/C13H19N3O/c1-9-3-4-11(13(14)17)12(7-9)16-6-5-10(8-16)15-2/h3-4,7,10,15H,5-6,8H2,1-2H3,(H2,14,17). The van der Waals surface area contributed by atoms with Gasteiger partial charge in [0, 0.05) is 24.8 Å². The van der Waals surface area contributed by atoms with Gasteiger partial charge in [-0.1, -0.05) is 6.07 Å². The molecule has 1 atom stereocenters. The number of likely N-dealkylation sites (N-methyl/N-ethyl adjacent to an activating group) is 1. The van der Waals surface area contributed by atoms with Gasteiger partial charge in [0.1, 0.15) is 0 Å². The SMILES string of the molecule is CNC1CCN(c2cc(C)ccc2C(N)=O)C1. The van der Waals surface area contributed by atoms with Crippen LogP contribution in [0.15, 0.2) is 18.2 Å². The number of anilines is 1. The van der Waals surface area contributed by atoms with Crippen molar-refractivity contribution >= 4 is 11.6 Å². The first-order chi connectivity index (χ1) is 8.11. The molecule has 1 aromatic carbocycles. The molecule has 1 aliphatic rings. The minimum absolute atomic E-state index is 0.354. The number of nitrogens with one attached hydrogen (secondary N) is 1. The Bertz CT molecular complexity index is 431. The van der Waals surface area contributed by atoms with Crippen molar-refractivity contribution in [1.29, 1.82) is 0 Å². The molecule has 1 aromatic rings. The summed E-state index contributed by atoms with van der Waals surface area (Å²) >= 11 is 0. The van der Waals surface area contributed by atoms with Crippen molar-refractivity contribution in [2.45, 2.75) is 19.4 Å². The Hall–Kier alpha value is -1.55. The Labute approximate surface area is 102 Å². The van der Waals surface area contributed by atoms with E-state index in [-0.39, 0.29) is 5.91 Å². The van der Waals surface area contributed by atoms with Crippen molar-refractivity contribution < 1.29 is 4.79 Å². The van der Waals surface area contributed by atoms with E-state index in [4.69, 9.17) is 5.73 Å². The summed E-state index contributed by atoms with van der Waals surface area (Å²) in [5, 5.41) is 3.27. The molecule has 4 nitrogen and oxygen atoms in total. The van der Waals surface area contributed by atoms with Gasteiger partial charge in [-0.2, -0.15) is 0 Å². The summed E-state index contributed by atoms with van der Waals surface area (Å²) in [5.41, 5.74) is 8.15. The number of hydrogen-bond donors (Lipinski definition) is 2. The molecule has 0 radical (unpaired) electrons. The summed E-state index contributed by atoms with van der Waals surface area (Å²) in [4.78, 5) is 13.7. The van der Waals surface area contributed by atoms with Crippen molar-refractivity contribution in [2.75, 3.05) is 25.0 Å². The van der Waals surface area contributed by atoms with Crippen LogP contribution >= 0.6 is 0 Å². The number of primary amides is 1. The fourth-order valence-electron chi connectivity index (χ4n) is 2.33. The van der Waals surface area contributed by atoms with Crippen molar-refractivity contribution in [2.24, 2.45) is 5.73 Å². The van der Waals surface area contributed by atoms with E-state index in [9.17, 15) is 4.79 Å². The number of hydrogen-bond acceptors (Lipinski definition) is 3. The Morgan fingerprint density at radius 3 is 2.88 bits per heavy atom. The number of nitrogens with two attached hydrogens (primary N) is 1. The van der Waals surface area contributed by atoms with Gasteiger partial charge in [-0.05, 0) is 38.1 Å². The summed E-state index contributed by atoms with van der Waals surface area (Å²) in [7, 11) is 1.97. The topological polar surface area (TPSA) is 58.4 Å². The first kappa shape index (κ1) is 11.9. The van der Waals surface area contributed by atoms with Gasteiger partial charge >= 0.3 is 0 Å². The minimum atomic E-state index is -0.354. The quantitative estimate of drug-likeness (QED) is 0.815. The molecule has 1 aliphatic heterocycles. The number of carbonyl (C=O) groups excluding carboxylic acids is 1. The van der Waals surface area contributed by atoms with E-state index in [2.05, 4.69) is 10.2 Å². The zero-order valence-electron chi connectivity index (χ0n) is 10.4. The Balaban J connectivity index is 2.31. The maximum atomic E-state index is 11.4. The van der Waals surface area contributed by atoms with Gasteiger partial charge < -0.3 is 16.0 Å². The Kier molecular flexibility index (Phi) is 3.33. The monoisotopic (exact) mass is 233 g/mol.